The fraction of sp³-hybridized carbons (Fsp3) is 0. The third-order valence-corrected chi connectivity index (χ3v) is 5.27. The molecule has 0 spiro atoms. The standard InChI is InChI=1S/C19H15N7O3S/c27-18(17-13-22-26(24-17)15-5-2-1-3-6-15)23-14-7-9-16(10-8-14)30(28,29)25-19-20-11-4-12-21-19/h1-13H,(H,23,27)(H,20,21,25). The van der Waals surface area contributed by atoms with E-state index in [1.807, 2.05) is 30.3 Å². The Morgan fingerprint density at radius 2 is 1.60 bits per heavy atom. The lowest BCUT2D eigenvalue weighted by Gasteiger charge is -2.07. The summed E-state index contributed by atoms with van der Waals surface area (Å²) in [6, 6.07) is 16.4. The zero-order valence-corrected chi connectivity index (χ0v) is 16.2. The summed E-state index contributed by atoms with van der Waals surface area (Å²) >= 11 is 0. The smallest absolute Gasteiger partial charge is 0.277 e. The number of anilines is 2. The second kappa shape index (κ2) is 8.09. The van der Waals surface area contributed by atoms with Crippen molar-refractivity contribution in [3.05, 3.63) is 84.9 Å². The van der Waals surface area contributed by atoms with E-state index in [9.17, 15) is 13.2 Å². The molecule has 2 heterocycles. The van der Waals surface area contributed by atoms with Crippen LogP contribution in [0.3, 0.4) is 0 Å². The number of hydrogen-bond donors (Lipinski definition) is 2. The Kier molecular flexibility index (Phi) is 5.18. The first kappa shape index (κ1) is 19.2. The minimum atomic E-state index is -3.85. The molecule has 0 aliphatic carbocycles. The van der Waals surface area contributed by atoms with Crippen LogP contribution in [0, 0.1) is 0 Å². The Morgan fingerprint density at radius 3 is 2.30 bits per heavy atom. The zero-order chi connectivity index (χ0) is 21.0. The number of sulfonamides is 1. The van der Waals surface area contributed by atoms with Gasteiger partial charge in [-0.2, -0.15) is 9.90 Å². The number of para-hydroxylation sites is 1. The normalized spacial score (nSPS) is 11.1. The topological polar surface area (TPSA) is 132 Å². The van der Waals surface area contributed by atoms with Crippen LogP contribution in [-0.2, 0) is 10.0 Å². The Bertz CT molecular complexity index is 1260. The molecule has 2 aromatic carbocycles. The third-order valence-electron chi connectivity index (χ3n) is 3.93. The van der Waals surface area contributed by atoms with Crippen LogP contribution < -0.4 is 10.0 Å². The molecule has 150 valence electrons. The van der Waals surface area contributed by atoms with Crippen molar-refractivity contribution in [3.8, 4) is 5.69 Å². The van der Waals surface area contributed by atoms with Gasteiger partial charge in [-0.05, 0) is 42.5 Å². The minimum absolute atomic E-state index is 0.00275. The molecule has 1 amide bonds. The number of amides is 1. The fourth-order valence-electron chi connectivity index (χ4n) is 2.50. The lowest BCUT2D eigenvalue weighted by molar-refractivity contribution is 0.102. The molecule has 2 aromatic heterocycles. The van der Waals surface area contributed by atoms with Crippen molar-refractivity contribution in [2.24, 2.45) is 0 Å². The summed E-state index contributed by atoms with van der Waals surface area (Å²) in [5, 5.41) is 10.9. The van der Waals surface area contributed by atoms with Gasteiger partial charge in [-0.1, -0.05) is 18.2 Å². The van der Waals surface area contributed by atoms with Gasteiger partial charge in [0.1, 0.15) is 0 Å². The second-order valence-electron chi connectivity index (χ2n) is 6.01. The van der Waals surface area contributed by atoms with Gasteiger partial charge in [0, 0.05) is 18.1 Å². The molecule has 0 unspecified atom stereocenters. The Balaban J connectivity index is 1.45. The highest BCUT2D eigenvalue weighted by atomic mass is 32.2. The van der Waals surface area contributed by atoms with E-state index in [2.05, 4.69) is 30.2 Å². The maximum Gasteiger partial charge on any atom is 0.277 e. The maximum atomic E-state index is 12.4. The van der Waals surface area contributed by atoms with Crippen LogP contribution in [0.2, 0.25) is 0 Å². The van der Waals surface area contributed by atoms with Crippen molar-refractivity contribution in [3.63, 3.8) is 0 Å². The first-order valence-corrected chi connectivity index (χ1v) is 10.2. The summed E-state index contributed by atoms with van der Waals surface area (Å²) in [5.41, 5.74) is 1.25. The van der Waals surface area contributed by atoms with Gasteiger partial charge in [0.25, 0.3) is 15.9 Å². The molecule has 0 radical (unpaired) electrons. The number of nitrogens with zero attached hydrogens (tertiary/aromatic N) is 5. The molecule has 0 aliphatic heterocycles. The van der Waals surface area contributed by atoms with Gasteiger partial charge in [-0.15, -0.1) is 5.10 Å². The van der Waals surface area contributed by atoms with Gasteiger partial charge in [-0.3, -0.25) is 4.79 Å². The van der Waals surface area contributed by atoms with Crippen molar-refractivity contribution in [1.82, 2.24) is 25.0 Å². The number of hydrogen-bond acceptors (Lipinski definition) is 7. The summed E-state index contributed by atoms with van der Waals surface area (Å²) < 4.78 is 27.1. The lowest BCUT2D eigenvalue weighted by atomic mass is 10.3. The maximum absolute atomic E-state index is 12.4. The third kappa shape index (κ3) is 4.31. The molecule has 10 nitrogen and oxygen atoms in total. The summed E-state index contributed by atoms with van der Waals surface area (Å²) in [7, 11) is -3.85. The monoisotopic (exact) mass is 421 g/mol. The average Bonchev–Trinajstić information content (AvgIpc) is 3.26. The number of rotatable bonds is 6. The second-order valence-corrected chi connectivity index (χ2v) is 7.69. The van der Waals surface area contributed by atoms with Crippen LogP contribution in [0.1, 0.15) is 10.5 Å². The van der Waals surface area contributed by atoms with Gasteiger partial charge in [0.2, 0.25) is 5.95 Å². The molecule has 2 N–H and O–H groups in total. The molecule has 30 heavy (non-hydrogen) atoms. The lowest BCUT2D eigenvalue weighted by Crippen LogP contribution is -2.15. The molecule has 0 bridgehead atoms. The van der Waals surface area contributed by atoms with E-state index in [0.717, 1.165) is 5.69 Å². The van der Waals surface area contributed by atoms with E-state index in [1.165, 1.54) is 47.7 Å². The molecule has 11 heteroatoms. The number of benzene rings is 2. The van der Waals surface area contributed by atoms with Crippen molar-refractivity contribution in [1.29, 1.82) is 0 Å². The highest BCUT2D eigenvalue weighted by Gasteiger charge is 2.16. The molecule has 0 aliphatic rings. The molecule has 4 aromatic rings. The zero-order valence-electron chi connectivity index (χ0n) is 15.4. The highest BCUT2D eigenvalue weighted by molar-refractivity contribution is 7.92. The number of carbonyl (C=O) groups is 1. The average molecular weight is 421 g/mol. The van der Waals surface area contributed by atoms with E-state index < -0.39 is 15.9 Å². The first-order valence-electron chi connectivity index (χ1n) is 8.70. The predicted octanol–water partition coefficient (Wildman–Crippen LogP) is 2.11. The van der Waals surface area contributed by atoms with Crippen LogP contribution in [0.25, 0.3) is 5.69 Å². The van der Waals surface area contributed by atoms with E-state index >= 15 is 0 Å². The number of nitrogens with one attached hydrogen (secondary N) is 2. The van der Waals surface area contributed by atoms with Gasteiger partial charge >= 0.3 is 0 Å². The Hall–Kier alpha value is -4.12. The number of aromatic nitrogens is 5. The molecule has 0 saturated carbocycles. The molecule has 0 fully saturated rings. The first-order chi connectivity index (χ1) is 14.5. The summed E-state index contributed by atoms with van der Waals surface area (Å²) in [6.07, 6.45) is 4.21. The van der Waals surface area contributed by atoms with Crippen molar-refractivity contribution in [2.45, 2.75) is 4.90 Å². The van der Waals surface area contributed by atoms with Gasteiger partial charge in [0.05, 0.1) is 16.8 Å². The van der Waals surface area contributed by atoms with E-state index in [0.29, 0.717) is 5.69 Å². The van der Waals surface area contributed by atoms with Gasteiger partial charge in [-0.25, -0.2) is 23.1 Å². The van der Waals surface area contributed by atoms with Crippen LogP contribution in [0.4, 0.5) is 11.6 Å². The van der Waals surface area contributed by atoms with E-state index in [1.54, 1.807) is 6.07 Å². The SMILES string of the molecule is O=C(Nc1ccc(S(=O)(=O)Nc2ncccn2)cc1)c1cnn(-c2ccccc2)n1. The van der Waals surface area contributed by atoms with Crippen molar-refractivity contribution >= 4 is 27.6 Å². The molecule has 0 atom stereocenters. The summed E-state index contributed by atoms with van der Waals surface area (Å²) in [4.78, 5) is 21.4. The number of carbonyl (C=O) groups excluding carboxylic acids is 1. The minimum Gasteiger partial charge on any atom is -0.321 e. The summed E-state index contributed by atoms with van der Waals surface area (Å²) in [5.74, 6) is -0.500. The van der Waals surface area contributed by atoms with Crippen LogP contribution in [-0.4, -0.2) is 39.3 Å². The molecule has 4 rings (SSSR count). The van der Waals surface area contributed by atoms with Crippen molar-refractivity contribution < 1.29 is 13.2 Å². The van der Waals surface area contributed by atoms with Crippen LogP contribution >= 0.6 is 0 Å². The van der Waals surface area contributed by atoms with Gasteiger partial charge < -0.3 is 5.32 Å². The Labute approximate surface area is 171 Å². The van der Waals surface area contributed by atoms with E-state index in [-0.39, 0.29) is 16.5 Å². The largest absolute Gasteiger partial charge is 0.321 e. The van der Waals surface area contributed by atoms with Gasteiger partial charge in [0.15, 0.2) is 5.69 Å². The van der Waals surface area contributed by atoms with E-state index in [4.69, 9.17) is 0 Å². The van der Waals surface area contributed by atoms with Crippen LogP contribution in [0.5, 0.6) is 0 Å². The van der Waals surface area contributed by atoms with Crippen molar-refractivity contribution in [2.75, 3.05) is 10.0 Å². The van der Waals surface area contributed by atoms with Crippen LogP contribution in [0.15, 0.2) is 84.1 Å². The fourth-order valence-corrected chi connectivity index (χ4v) is 3.45. The Morgan fingerprint density at radius 1 is 0.900 bits per heavy atom. The predicted molar refractivity (Wildman–Crippen MR) is 109 cm³/mol. The molecular formula is C19H15N7O3S. The highest BCUT2D eigenvalue weighted by Crippen LogP contribution is 2.17. The quantitative estimate of drug-likeness (QED) is 0.487. The summed E-state index contributed by atoms with van der Waals surface area (Å²) in [6.45, 7) is 0. The molecule has 0 saturated heterocycles. The molecular weight excluding hydrogens is 406 g/mol.